The highest BCUT2D eigenvalue weighted by Gasteiger charge is 2.43. The second kappa shape index (κ2) is 9.11. The minimum absolute atomic E-state index is 0.0720. The maximum absolute atomic E-state index is 13.0. The van der Waals surface area contributed by atoms with Gasteiger partial charge in [0.25, 0.3) is 0 Å². The molecule has 0 bridgehead atoms. The van der Waals surface area contributed by atoms with E-state index in [1.807, 2.05) is 47.1 Å². The van der Waals surface area contributed by atoms with Crippen LogP contribution < -0.4 is 5.73 Å². The zero-order chi connectivity index (χ0) is 21.1. The fourth-order valence-electron chi connectivity index (χ4n) is 5.56. The van der Waals surface area contributed by atoms with Crippen molar-refractivity contribution in [3.05, 3.63) is 53.1 Å². The Morgan fingerprint density at radius 2 is 1.90 bits per heavy atom. The van der Waals surface area contributed by atoms with Crippen LogP contribution >= 0.6 is 11.6 Å². The third-order valence-electron chi connectivity index (χ3n) is 7.27. The second-order valence-corrected chi connectivity index (χ2v) is 9.75. The number of imidazole rings is 1. The fraction of sp³-hybridized carbons (Fsp3) is 0.583. The summed E-state index contributed by atoms with van der Waals surface area (Å²) in [6.07, 6.45) is 13.0. The normalized spacial score (nSPS) is 20.4. The first-order valence-corrected chi connectivity index (χ1v) is 11.6. The van der Waals surface area contributed by atoms with Crippen LogP contribution in [0.1, 0.15) is 49.8 Å². The number of carbonyl (C=O) groups is 1. The number of hydrogen-bond acceptors (Lipinski definition) is 3. The predicted molar refractivity (Wildman–Crippen MR) is 120 cm³/mol. The van der Waals surface area contributed by atoms with Crippen LogP contribution in [0, 0.1) is 11.3 Å². The number of hydrogen-bond donors (Lipinski definition) is 1. The summed E-state index contributed by atoms with van der Waals surface area (Å²) in [6.45, 7) is 1.60. The van der Waals surface area contributed by atoms with Gasteiger partial charge in [-0.3, -0.25) is 4.79 Å². The van der Waals surface area contributed by atoms with Gasteiger partial charge in [0.1, 0.15) is 0 Å². The van der Waals surface area contributed by atoms with E-state index in [2.05, 4.69) is 11.2 Å². The SMILES string of the molecule is Cn1cnc(CC2(C3CCCC3)CCN(C(=O)C(N)Cc3ccc(Cl)cc3)CC2)c1. The maximum atomic E-state index is 13.0. The quantitative estimate of drug-likeness (QED) is 0.756. The topological polar surface area (TPSA) is 64.2 Å². The molecule has 2 aromatic rings. The summed E-state index contributed by atoms with van der Waals surface area (Å²) in [5.41, 5.74) is 8.80. The summed E-state index contributed by atoms with van der Waals surface area (Å²) < 4.78 is 2.03. The first-order chi connectivity index (χ1) is 14.4. The summed E-state index contributed by atoms with van der Waals surface area (Å²) >= 11 is 5.96. The molecule has 30 heavy (non-hydrogen) atoms. The van der Waals surface area contributed by atoms with Gasteiger partial charge in [-0.15, -0.1) is 0 Å². The van der Waals surface area contributed by atoms with Crippen LogP contribution in [0.2, 0.25) is 5.02 Å². The molecule has 1 saturated heterocycles. The summed E-state index contributed by atoms with van der Waals surface area (Å²) in [6, 6.07) is 7.10. The molecule has 162 valence electrons. The van der Waals surface area contributed by atoms with Gasteiger partial charge in [-0.1, -0.05) is 36.6 Å². The molecule has 2 aliphatic rings. The first-order valence-electron chi connectivity index (χ1n) is 11.2. The number of likely N-dealkylation sites (tertiary alicyclic amines) is 1. The van der Waals surface area contributed by atoms with Crippen molar-refractivity contribution in [2.45, 2.75) is 57.4 Å². The van der Waals surface area contributed by atoms with Crippen molar-refractivity contribution in [3.8, 4) is 0 Å². The predicted octanol–water partition coefficient (Wildman–Crippen LogP) is 3.99. The number of benzene rings is 1. The minimum Gasteiger partial charge on any atom is -0.341 e. The third kappa shape index (κ3) is 4.73. The Morgan fingerprint density at radius 3 is 2.50 bits per heavy atom. The Balaban J connectivity index is 1.40. The molecule has 4 rings (SSSR count). The van der Waals surface area contributed by atoms with E-state index in [9.17, 15) is 4.79 Å². The van der Waals surface area contributed by atoms with Gasteiger partial charge in [0.05, 0.1) is 18.1 Å². The maximum Gasteiger partial charge on any atom is 0.239 e. The molecule has 6 heteroatoms. The molecule has 1 saturated carbocycles. The van der Waals surface area contributed by atoms with E-state index in [1.54, 1.807) is 0 Å². The smallest absolute Gasteiger partial charge is 0.239 e. The van der Waals surface area contributed by atoms with Gasteiger partial charge >= 0.3 is 0 Å². The first kappa shape index (κ1) is 21.4. The number of carbonyl (C=O) groups excluding carboxylic acids is 1. The van der Waals surface area contributed by atoms with Crippen LogP contribution in [0.15, 0.2) is 36.8 Å². The number of nitrogens with zero attached hydrogens (tertiary/aromatic N) is 3. The number of aromatic nitrogens is 2. The fourth-order valence-corrected chi connectivity index (χ4v) is 5.68. The van der Waals surface area contributed by atoms with Crippen molar-refractivity contribution in [1.82, 2.24) is 14.5 Å². The molecule has 1 aromatic heterocycles. The molecule has 2 heterocycles. The Bertz CT molecular complexity index is 848. The van der Waals surface area contributed by atoms with Crippen molar-refractivity contribution in [1.29, 1.82) is 0 Å². The largest absolute Gasteiger partial charge is 0.341 e. The summed E-state index contributed by atoms with van der Waals surface area (Å²) in [7, 11) is 2.03. The lowest BCUT2D eigenvalue weighted by Crippen LogP contribution is -2.51. The number of nitrogens with two attached hydrogens (primary N) is 1. The van der Waals surface area contributed by atoms with Crippen molar-refractivity contribution in [2.24, 2.45) is 24.1 Å². The molecule has 2 N–H and O–H groups in total. The number of piperidine rings is 1. The minimum atomic E-state index is -0.499. The highest BCUT2D eigenvalue weighted by Crippen LogP contribution is 2.48. The van der Waals surface area contributed by atoms with Crippen LogP contribution in [0.25, 0.3) is 0 Å². The van der Waals surface area contributed by atoms with Gasteiger partial charge in [0, 0.05) is 31.4 Å². The Morgan fingerprint density at radius 1 is 1.23 bits per heavy atom. The van der Waals surface area contributed by atoms with Crippen molar-refractivity contribution in [3.63, 3.8) is 0 Å². The number of halogens is 1. The Labute approximate surface area is 184 Å². The molecule has 1 aliphatic carbocycles. The zero-order valence-corrected chi connectivity index (χ0v) is 18.7. The average molecular weight is 429 g/mol. The molecule has 1 amide bonds. The lowest BCUT2D eigenvalue weighted by atomic mass is 9.65. The van der Waals surface area contributed by atoms with E-state index in [1.165, 1.54) is 31.4 Å². The lowest BCUT2D eigenvalue weighted by Gasteiger charge is -2.46. The summed E-state index contributed by atoms with van der Waals surface area (Å²) in [5.74, 6) is 0.822. The number of amides is 1. The Kier molecular flexibility index (Phi) is 6.49. The molecule has 1 aliphatic heterocycles. The van der Waals surface area contributed by atoms with Gasteiger partial charge in [0.15, 0.2) is 0 Å². The van der Waals surface area contributed by atoms with Crippen LogP contribution in [-0.2, 0) is 24.7 Å². The van der Waals surface area contributed by atoms with E-state index in [0.717, 1.165) is 43.8 Å². The van der Waals surface area contributed by atoms with Crippen LogP contribution in [0.4, 0.5) is 0 Å². The van der Waals surface area contributed by atoms with Crippen LogP contribution in [0.5, 0.6) is 0 Å². The van der Waals surface area contributed by atoms with E-state index in [0.29, 0.717) is 11.4 Å². The highest BCUT2D eigenvalue weighted by atomic mass is 35.5. The van der Waals surface area contributed by atoms with Gasteiger partial charge in [0.2, 0.25) is 5.91 Å². The molecule has 1 atom stereocenters. The van der Waals surface area contributed by atoms with E-state index >= 15 is 0 Å². The van der Waals surface area contributed by atoms with Crippen LogP contribution in [-0.4, -0.2) is 39.5 Å². The molecule has 0 spiro atoms. The van der Waals surface area contributed by atoms with Crippen molar-refractivity contribution in [2.75, 3.05) is 13.1 Å². The third-order valence-corrected chi connectivity index (χ3v) is 7.52. The van der Waals surface area contributed by atoms with Gasteiger partial charge in [-0.25, -0.2) is 4.98 Å². The monoisotopic (exact) mass is 428 g/mol. The van der Waals surface area contributed by atoms with Gasteiger partial charge in [-0.2, -0.15) is 0 Å². The van der Waals surface area contributed by atoms with Crippen molar-refractivity contribution < 1.29 is 4.79 Å². The second-order valence-electron chi connectivity index (χ2n) is 9.31. The molecule has 5 nitrogen and oxygen atoms in total. The molecule has 0 radical (unpaired) electrons. The Hall–Kier alpha value is -1.85. The number of aryl methyl sites for hydroxylation is 1. The van der Waals surface area contributed by atoms with Gasteiger partial charge < -0.3 is 15.2 Å². The van der Waals surface area contributed by atoms with E-state index < -0.39 is 6.04 Å². The van der Waals surface area contributed by atoms with E-state index in [4.69, 9.17) is 17.3 Å². The molecular weight excluding hydrogens is 396 g/mol. The van der Waals surface area contributed by atoms with E-state index in [-0.39, 0.29) is 11.3 Å². The van der Waals surface area contributed by atoms with Crippen LogP contribution in [0.3, 0.4) is 0 Å². The average Bonchev–Trinajstić information content (AvgIpc) is 3.42. The highest BCUT2D eigenvalue weighted by molar-refractivity contribution is 6.30. The molecular formula is C24H33ClN4O. The van der Waals surface area contributed by atoms with Gasteiger partial charge in [-0.05, 0) is 67.6 Å². The number of rotatable bonds is 6. The molecule has 1 aromatic carbocycles. The summed E-state index contributed by atoms with van der Waals surface area (Å²) in [5, 5.41) is 0.700. The van der Waals surface area contributed by atoms with Crippen molar-refractivity contribution >= 4 is 17.5 Å². The molecule has 2 fully saturated rings. The lowest BCUT2D eigenvalue weighted by molar-refractivity contribution is -0.135. The zero-order valence-electron chi connectivity index (χ0n) is 17.9. The standard InChI is InChI=1S/C24H33ClN4O/c1-28-16-21(27-17-28)15-24(19-4-2-3-5-19)10-12-29(13-11-24)23(30)22(26)14-18-6-8-20(25)9-7-18/h6-9,16-17,19,22H,2-5,10-15,26H2,1H3. The molecule has 1 unspecified atom stereocenters. The summed E-state index contributed by atoms with van der Waals surface area (Å²) in [4.78, 5) is 19.6.